The van der Waals surface area contributed by atoms with E-state index in [0.717, 1.165) is 19.4 Å². The van der Waals surface area contributed by atoms with E-state index in [-0.39, 0.29) is 30.4 Å². The molecule has 0 saturated carbocycles. The van der Waals surface area contributed by atoms with Crippen LogP contribution in [0.2, 0.25) is 0 Å². The zero-order valence-electron chi connectivity index (χ0n) is 19.2. The maximum Gasteiger partial charge on any atom is 0.253 e. The number of hydrogen-bond acceptors (Lipinski definition) is 5. The van der Waals surface area contributed by atoms with Crippen molar-refractivity contribution in [3.8, 4) is 0 Å². The Morgan fingerprint density at radius 1 is 1.00 bits per heavy atom. The number of benzene rings is 2. The molecule has 33 heavy (non-hydrogen) atoms. The Morgan fingerprint density at radius 2 is 1.76 bits per heavy atom. The van der Waals surface area contributed by atoms with E-state index in [1.807, 2.05) is 13.8 Å². The summed E-state index contributed by atoms with van der Waals surface area (Å²) >= 11 is 0. The molecule has 0 aliphatic carbocycles. The SMILES string of the molecule is CCN(CC)C(=O)c1ccc(NC(=O)CNc2cccc(C(=O)NCC3CCCO3)c2)cc1. The number of anilines is 2. The van der Waals surface area contributed by atoms with E-state index >= 15 is 0 Å². The Kier molecular flexibility index (Phi) is 8.83. The van der Waals surface area contributed by atoms with E-state index in [2.05, 4.69) is 16.0 Å². The number of nitrogens with zero attached hydrogens (tertiary/aromatic N) is 1. The normalized spacial score (nSPS) is 15.0. The Hall–Kier alpha value is -3.39. The van der Waals surface area contributed by atoms with Crippen molar-refractivity contribution in [2.75, 3.05) is 43.4 Å². The van der Waals surface area contributed by atoms with Gasteiger partial charge in [0.15, 0.2) is 0 Å². The smallest absolute Gasteiger partial charge is 0.253 e. The number of hydrogen-bond donors (Lipinski definition) is 3. The van der Waals surface area contributed by atoms with Crippen molar-refractivity contribution in [1.29, 1.82) is 0 Å². The molecule has 1 aliphatic rings. The molecule has 1 atom stereocenters. The van der Waals surface area contributed by atoms with Crippen LogP contribution in [0.5, 0.6) is 0 Å². The molecule has 3 N–H and O–H groups in total. The second kappa shape index (κ2) is 12.0. The minimum atomic E-state index is -0.231. The third-order valence-electron chi connectivity index (χ3n) is 5.56. The summed E-state index contributed by atoms with van der Waals surface area (Å²) in [5, 5.41) is 8.74. The minimum Gasteiger partial charge on any atom is -0.376 e. The molecule has 176 valence electrons. The summed E-state index contributed by atoms with van der Waals surface area (Å²) in [6.07, 6.45) is 2.08. The van der Waals surface area contributed by atoms with Crippen LogP contribution in [0, 0.1) is 0 Å². The minimum absolute atomic E-state index is 0.0285. The van der Waals surface area contributed by atoms with E-state index in [1.54, 1.807) is 53.4 Å². The van der Waals surface area contributed by atoms with Crippen LogP contribution < -0.4 is 16.0 Å². The van der Waals surface area contributed by atoms with Crippen LogP contribution in [0.1, 0.15) is 47.4 Å². The highest BCUT2D eigenvalue weighted by Gasteiger charge is 2.17. The van der Waals surface area contributed by atoms with E-state index in [4.69, 9.17) is 4.74 Å². The van der Waals surface area contributed by atoms with Crippen molar-refractivity contribution >= 4 is 29.1 Å². The maximum atomic E-state index is 12.4. The van der Waals surface area contributed by atoms with Gasteiger partial charge in [-0.05, 0) is 69.2 Å². The standard InChI is InChI=1S/C25H32N4O4/c1-3-29(4-2)25(32)18-10-12-20(13-11-18)28-23(30)17-26-21-8-5-7-19(15-21)24(31)27-16-22-9-6-14-33-22/h5,7-8,10-13,15,22,26H,3-4,6,9,14,16-17H2,1-2H3,(H,27,31)(H,28,30). The van der Waals surface area contributed by atoms with Crippen LogP contribution >= 0.6 is 0 Å². The molecule has 1 saturated heterocycles. The lowest BCUT2D eigenvalue weighted by Gasteiger charge is -2.18. The lowest BCUT2D eigenvalue weighted by atomic mass is 10.1. The van der Waals surface area contributed by atoms with Gasteiger partial charge in [-0.3, -0.25) is 14.4 Å². The lowest BCUT2D eigenvalue weighted by Crippen LogP contribution is -2.31. The van der Waals surface area contributed by atoms with Gasteiger partial charge in [0.05, 0.1) is 12.6 Å². The third kappa shape index (κ3) is 7.05. The molecular formula is C25H32N4O4. The molecule has 1 heterocycles. The van der Waals surface area contributed by atoms with Crippen molar-refractivity contribution in [3.05, 3.63) is 59.7 Å². The van der Waals surface area contributed by atoms with Crippen LogP contribution in [0.3, 0.4) is 0 Å². The largest absolute Gasteiger partial charge is 0.376 e. The lowest BCUT2D eigenvalue weighted by molar-refractivity contribution is -0.114. The fraction of sp³-hybridized carbons (Fsp3) is 0.400. The number of carbonyl (C=O) groups excluding carboxylic acids is 3. The quantitative estimate of drug-likeness (QED) is 0.514. The predicted molar refractivity (Wildman–Crippen MR) is 129 cm³/mol. The third-order valence-corrected chi connectivity index (χ3v) is 5.56. The number of amides is 3. The Morgan fingerprint density at radius 3 is 2.42 bits per heavy atom. The first-order valence-electron chi connectivity index (χ1n) is 11.4. The van der Waals surface area contributed by atoms with Crippen LogP contribution in [-0.4, -0.2) is 61.5 Å². The monoisotopic (exact) mass is 452 g/mol. The maximum absolute atomic E-state index is 12.4. The molecule has 0 spiro atoms. The van der Waals surface area contributed by atoms with Crippen LogP contribution in [0.4, 0.5) is 11.4 Å². The summed E-state index contributed by atoms with van der Waals surface area (Å²) < 4.78 is 5.53. The zero-order valence-corrected chi connectivity index (χ0v) is 19.2. The van der Waals surface area contributed by atoms with E-state index in [0.29, 0.717) is 42.1 Å². The van der Waals surface area contributed by atoms with Crippen LogP contribution in [0.25, 0.3) is 0 Å². The topological polar surface area (TPSA) is 99.8 Å². The molecule has 1 aliphatic heterocycles. The number of rotatable bonds is 10. The Bertz CT molecular complexity index is 951. The van der Waals surface area contributed by atoms with Crippen LogP contribution in [-0.2, 0) is 9.53 Å². The molecular weight excluding hydrogens is 420 g/mol. The Balaban J connectivity index is 1.48. The average molecular weight is 453 g/mol. The highest BCUT2D eigenvalue weighted by atomic mass is 16.5. The summed E-state index contributed by atoms with van der Waals surface area (Å²) in [5.41, 5.74) is 2.39. The summed E-state index contributed by atoms with van der Waals surface area (Å²) in [6, 6.07) is 13.9. The van der Waals surface area contributed by atoms with E-state index in [9.17, 15) is 14.4 Å². The highest BCUT2D eigenvalue weighted by molar-refractivity contribution is 5.97. The fourth-order valence-corrected chi connectivity index (χ4v) is 3.66. The van der Waals surface area contributed by atoms with Crippen molar-refractivity contribution in [1.82, 2.24) is 10.2 Å². The number of ether oxygens (including phenoxy) is 1. The van der Waals surface area contributed by atoms with Gasteiger partial charge in [0.2, 0.25) is 5.91 Å². The van der Waals surface area contributed by atoms with Gasteiger partial charge in [0.1, 0.15) is 0 Å². The fourth-order valence-electron chi connectivity index (χ4n) is 3.66. The van der Waals surface area contributed by atoms with Gasteiger partial charge in [-0.25, -0.2) is 0 Å². The molecule has 0 bridgehead atoms. The average Bonchev–Trinajstić information content (AvgIpc) is 3.36. The van der Waals surface area contributed by atoms with Gasteiger partial charge in [0, 0.05) is 48.7 Å². The first kappa shape index (κ1) is 24.3. The van der Waals surface area contributed by atoms with Gasteiger partial charge < -0.3 is 25.6 Å². The van der Waals surface area contributed by atoms with Gasteiger partial charge in [0.25, 0.3) is 11.8 Å². The summed E-state index contributed by atoms with van der Waals surface area (Å²) in [7, 11) is 0. The second-order valence-electron chi connectivity index (χ2n) is 7.88. The van der Waals surface area contributed by atoms with Crippen molar-refractivity contribution in [2.45, 2.75) is 32.8 Å². The highest BCUT2D eigenvalue weighted by Crippen LogP contribution is 2.14. The number of carbonyl (C=O) groups is 3. The molecule has 8 nitrogen and oxygen atoms in total. The summed E-state index contributed by atoms with van der Waals surface area (Å²) in [4.78, 5) is 38.8. The molecule has 3 rings (SSSR count). The molecule has 2 aromatic carbocycles. The molecule has 3 amide bonds. The van der Waals surface area contributed by atoms with Crippen molar-refractivity contribution < 1.29 is 19.1 Å². The molecule has 1 unspecified atom stereocenters. The molecule has 0 aromatic heterocycles. The van der Waals surface area contributed by atoms with Gasteiger partial charge >= 0.3 is 0 Å². The molecule has 1 fully saturated rings. The van der Waals surface area contributed by atoms with Crippen LogP contribution in [0.15, 0.2) is 48.5 Å². The first-order valence-corrected chi connectivity index (χ1v) is 11.4. The number of nitrogens with one attached hydrogen (secondary N) is 3. The van der Waals surface area contributed by atoms with E-state index < -0.39 is 0 Å². The Labute approximate surface area is 194 Å². The molecule has 8 heteroatoms. The summed E-state index contributed by atoms with van der Waals surface area (Å²) in [5.74, 6) is -0.428. The van der Waals surface area contributed by atoms with Crippen molar-refractivity contribution in [3.63, 3.8) is 0 Å². The van der Waals surface area contributed by atoms with Gasteiger partial charge in [-0.15, -0.1) is 0 Å². The summed E-state index contributed by atoms with van der Waals surface area (Å²) in [6.45, 7) is 6.47. The first-order chi connectivity index (χ1) is 16.0. The van der Waals surface area contributed by atoms with Crippen molar-refractivity contribution in [2.24, 2.45) is 0 Å². The molecule has 2 aromatic rings. The van der Waals surface area contributed by atoms with Gasteiger partial charge in [-0.1, -0.05) is 6.07 Å². The van der Waals surface area contributed by atoms with E-state index in [1.165, 1.54) is 0 Å². The van der Waals surface area contributed by atoms with Gasteiger partial charge in [-0.2, -0.15) is 0 Å². The second-order valence-corrected chi connectivity index (χ2v) is 7.88. The zero-order chi connectivity index (χ0) is 23.6. The predicted octanol–water partition coefficient (Wildman–Crippen LogP) is 3.13. The molecule has 0 radical (unpaired) electrons.